The lowest BCUT2D eigenvalue weighted by Gasteiger charge is -2.45. The molecule has 4 aliphatic heterocycles. The molecule has 28 heteroatoms. The molecule has 0 unspecified atom stereocenters. The number of benzene rings is 2. The number of nitrogens with one attached hydrogen (secondary N) is 3. The standard InChI is InChI=1S/C21H23ClF4N6O2.C17H21ClF3N3O2.C4H3ClFN3.ClH/c22-12-6-11(21(24,25)26)7-13(8-12)30-14-2-1-4-32(20(14)34)15-9-31(5-3-16(15)33)19-17(23)18(27)28-10-29-19;18-11-6-10(17(19,20)21)7-12(8-11)23-13-2-1-5-24(16(13)26)14-9-22-4-3-15(14)25;5-3-2(6)4(7)9-1-8-3;/h6-8,10,14-16,30,33H,1-5,9H2,(H2,27,28,29);6-8,13-15,22-23,25H,1-5,9H2;1H,(H2,7,8,9);1H/t14-,15+,16+;13-,14+,15+;;/m11../s1. The number of alkyl halides is 6. The van der Waals surface area contributed by atoms with Gasteiger partial charge in [0.1, 0.15) is 24.7 Å². The molecule has 4 aromatic rings. The first kappa shape index (κ1) is 55.9. The van der Waals surface area contributed by atoms with Crippen molar-refractivity contribution in [1.29, 1.82) is 0 Å². The Morgan fingerprint density at radius 1 is 0.657 bits per heavy atom. The second-order valence-corrected chi connectivity index (χ2v) is 17.7. The Bertz CT molecular complexity index is 2430. The first-order valence-electron chi connectivity index (χ1n) is 21.4. The number of rotatable bonds is 7. The summed E-state index contributed by atoms with van der Waals surface area (Å²) in [6, 6.07) is 3.80. The summed E-state index contributed by atoms with van der Waals surface area (Å²) in [5.41, 5.74) is 9.00. The van der Waals surface area contributed by atoms with Gasteiger partial charge >= 0.3 is 12.4 Å². The molecule has 2 aromatic carbocycles. The Morgan fingerprint density at radius 3 is 1.63 bits per heavy atom. The van der Waals surface area contributed by atoms with Crippen LogP contribution in [-0.4, -0.2) is 127 Å². The number of nitrogens with two attached hydrogens (primary N) is 2. The van der Waals surface area contributed by atoms with Gasteiger partial charge in [0, 0.05) is 54.1 Å². The maximum absolute atomic E-state index is 14.4. The van der Waals surface area contributed by atoms with Gasteiger partial charge in [-0.15, -0.1) is 12.4 Å². The third-order valence-corrected chi connectivity index (χ3v) is 12.4. The van der Waals surface area contributed by atoms with E-state index in [1.807, 2.05) is 0 Å². The van der Waals surface area contributed by atoms with Gasteiger partial charge in [0.2, 0.25) is 23.4 Å². The van der Waals surface area contributed by atoms with Gasteiger partial charge in [-0.25, -0.2) is 19.9 Å². The molecule has 4 saturated heterocycles. The maximum atomic E-state index is 14.4. The van der Waals surface area contributed by atoms with Crippen LogP contribution in [0.1, 0.15) is 49.7 Å². The minimum Gasteiger partial charge on any atom is -0.391 e. The van der Waals surface area contributed by atoms with Crippen molar-refractivity contribution >= 4 is 87.9 Å². The van der Waals surface area contributed by atoms with Crippen LogP contribution in [0.3, 0.4) is 0 Å². The van der Waals surface area contributed by atoms with Crippen LogP contribution in [0.5, 0.6) is 0 Å². The molecule has 0 spiro atoms. The molecule has 2 aromatic heterocycles. The average molecular weight is 1080 g/mol. The van der Waals surface area contributed by atoms with Crippen molar-refractivity contribution in [3.8, 4) is 0 Å². The summed E-state index contributed by atoms with van der Waals surface area (Å²) in [6.07, 6.45) is -5.30. The molecule has 0 bridgehead atoms. The van der Waals surface area contributed by atoms with Gasteiger partial charge in [-0.1, -0.05) is 34.8 Å². The minimum absolute atomic E-state index is 0. The summed E-state index contributed by atoms with van der Waals surface area (Å²) in [5, 5.41) is 29.3. The van der Waals surface area contributed by atoms with E-state index in [9.17, 15) is 54.9 Å². The first-order valence-corrected chi connectivity index (χ1v) is 22.5. The van der Waals surface area contributed by atoms with Crippen molar-refractivity contribution in [2.45, 2.75) is 87.3 Å². The molecule has 16 nitrogen and oxygen atoms in total. The summed E-state index contributed by atoms with van der Waals surface area (Å²) < 4.78 is 105. The smallest absolute Gasteiger partial charge is 0.391 e. The molecule has 70 heavy (non-hydrogen) atoms. The third kappa shape index (κ3) is 14.1. The number of carbonyl (C=O) groups excluding carboxylic acids is 2. The molecule has 4 fully saturated rings. The van der Waals surface area contributed by atoms with Crippen LogP contribution in [-0.2, 0) is 21.9 Å². The second-order valence-electron chi connectivity index (χ2n) is 16.5. The lowest BCUT2D eigenvalue weighted by Crippen LogP contribution is -2.61. The number of carbonyl (C=O) groups is 2. The number of halogens is 12. The number of aromatic nitrogens is 4. The molecule has 2 amide bonds. The number of likely N-dealkylation sites (tertiary alicyclic amines) is 2. The Labute approximate surface area is 416 Å². The fourth-order valence-corrected chi connectivity index (χ4v) is 8.93. The maximum Gasteiger partial charge on any atom is 0.416 e. The fraction of sp³-hybridized carbons (Fsp3) is 0.476. The molecular formula is C42H48Cl4F8N12O4. The highest BCUT2D eigenvalue weighted by Crippen LogP contribution is 2.36. The molecule has 6 heterocycles. The second kappa shape index (κ2) is 24.0. The highest BCUT2D eigenvalue weighted by molar-refractivity contribution is 6.31. The van der Waals surface area contributed by atoms with Crippen molar-refractivity contribution in [3.63, 3.8) is 0 Å². The van der Waals surface area contributed by atoms with Crippen LogP contribution < -0.4 is 32.3 Å². The quantitative estimate of drug-likeness (QED) is 0.0759. The number of amides is 2. The van der Waals surface area contributed by atoms with Crippen LogP contribution in [0.15, 0.2) is 49.1 Å². The highest BCUT2D eigenvalue weighted by atomic mass is 35.5. The van der Waals surface area contributed by atoms with E-state index in [1.165, 1.54) is 17.0 Å². The van der Waals surface area contributed by atoms with E-state index in [-0.39, 0.29) is 87.3 Å². The monoisotopic (exact) mass is 1080 g/mol. The molecule has 0 aliphatic carbocycles. The largest absolute Gasteiger partial charge is 0.416 e. The Morgan fingerprint density at radius 2 is 1.14 bits per heavy atom. The van der Waals surface area contributed by atoms with Crippen molar-refractivity contribution in [3.05, 3.63) is 87.0 Å². The molecular weight excluding hydrogens is 1030 g/mol. The van der Waals surface area contributed by atoms with E-state index < -0.39 is 65.4 Å². The zero-order valence-electron chi connectivity index (χ0n) is 36.6. The lowest BCUT2D eigenvalue weighted by molar-refractivity contribution is -0.140. The average Bonchev–Trinajstić information content (AvgIpc) is 3.28. The number of aliphatic hydroxyl groups is 2. The molecule has 0 radical (unpaired) electrons. The number of anilines is 5. The van der Waals surface area contributed by atoms with Gasteiger partial charge in [0.05, 0.1) is 35.4 Å². The predicted octanol–water partition coefficient (Wildman–Crippen LogP) is 6.67. The van der Waals surface area contributed by atoms with Crippen LogP contribution in [0, 0.1) is 11.6 Å². The minimum atomic E-state index is -4.58. The summed E-state index contributed by atoms with van der Waals surface area (Å²) in [4.78, 5) is 45.0. The molecule has 9 N–H and O–H groups in total. The topological polar surface area (TPSA) is 224 Å². The van der Waals surface area contributed by atoms with Crippen LogP contribution in [0.4, 0.5) is 64.0 Å². The summed E-state index contributed by atoms with van der Waals surface area (Å²) in [7, 11) is 0. The number of nitrogen functional groups attached to an aromatic ring is 2. The van der Waals surface area contributed by atoms with E-state index in [0.717, 1.165) is 36.9 Å². The Kier molecular flexibility index (Phi) is 19.1. The van der Waals surface area contributed by atoms with Crippen LogP contribution in [0.2, 0.25) is 15.2 Å². The summed E-state index contributed by atoms with van der Waals surface area (Å²) in [6.45, 7) is 2.51. The summed E-state index contributed by atoms with van der Waals surface area (Å²) >= 11 is 16.9. The van der Waals surface area contributed by atoms with Crippen LogP contribution >= 0.6 is 47.2 Å². The van der Waals surface area contributed by atoms with Crippen molar-refractivity contribution in [2.75, 3.05) is 66.3 Å². The van der Waals surface area contributed by atoms with E-state index in [0.29, 0.717) is 64.8 Å². The van der Waals surface area contributed by atoms with Gasteiger partial charge in [0.15, 0.2) is 22.6 Å². The number of hydrogen-bond donors (Lipinski definition) is 7. The zero-order valence-corrected chi connectivity index (χ0v) is 39.7. The first-order chi connectivity index (χ1) is 32.5. The van der Waals surface area contributed by atoms with Crippen molar-refractivity contribution in [1.82, 2.24) is 35.1 Å². The molecule has 4 aliphatic rings. The molecule has 384 valence electrons. The lowest BCUT2D eigenvalue weighted by atomic mass is 9.95. The van der Waals surface area contributed by atoms with Gasteiger partial charge in [-0.05, 0) is 81.5 Å². The SMILES string of the molecule is Cl.Nc1ncnc(Cl)c1F.Nc1ncnc(N2CC[C@H](O)[C@@H](N3CCC[C@@H](Nc4cc(Cl)cc(C(F)(F)F)c4)C3=O)C2)c1F.O=C1[C@H](Nc2cc(Cl)cc(C(F)(F)F)c2)CCCN1[C@H]1CNCC[C@@H]1O. The van der Waals surface area contributed by atoms with Gasteiger partial charge in [0.25, 0.3) is 0 Å². The predicted molar refractivity (Wildman–Crippen MR) is 249 cm³/mol. The van der Waals surface area contributed by atoms with E-state index in [1.54, 1.807) is 9.80 Å². The van der Waals surface area contributed by atoms with Crippen LogP contribution in [0.25, 0.3) is 0 Å². The third-order valence-electron chi connectivity index (χ3n) is 11.7. The van der Waals surface area contributed by atoms with Gasteiger partial charge in [-0.2, -0.15) is 35.1 Å². The summed E-state index contributed by atoms with van der Waals surface area (Å²) in [5.74, 6) is -2.66. The zero-order chi connectivity index (χ0) is 50.4. The number of hydrogen-bond acceptors (Lipinski definition) is 14. The number of nitrogens with zero attached hydrogens (tertiary/aromatic N) is 7. The van der Waals surface area contributed by atoms with E-state index in [2.05, 4.69) is 35.9 Å². The number of aliphatic hydroxyl groups excluding tert-OH is 2. The van der Waals surface area contributed by atoms with E-state index >= 15 is 0 Å². The molecule has 6 atom stereocenters. The molecule has 0 saturated carbocycles. The van der Waals surface area contributed by atoms with E-state index in [4.69, 9.17) is 46.3 Å². The fourth-order valence-electron chi connectivity index (χ4n) is 8.32. The Hall–Kier alpha value is -4.98. The Balaban J connectivity index is 0.000000223. The molecule has 8 rings (SSSR count). The van der Waals surface area contributed by atoms with Gasteiger partial charge < -0.3 is 52.3 Å². The van der Waals surface area contributed by atoms with Crippen molar-refractivity contribution in [2.24, 2.45) is 0 Å². The van der Waals surface area contributed by atoms with Gasteiger partial charge in [-0.3, -0.25) is 9.59 Å². The van der Waals surface area contributed by atoms with Crippen molar-refractivity contribution < 1.29 is 54.9 Å². The number of piperidine rings is 4. The normalized spacial score (nSPS) is 23.0. The highest BCUT2D eigenvalue weighted by Gasteiger charge is 2.41.